The smallest absolute Gasteiger partial charge is 0.460 e. The minimum atomic E-state index is -0.720. The Morgan fingerprint density at radius 2 is 1.78 bits per heavy atom. The average Bonchev–Trinajstić information content (AvgIpc) is 2.97. The van der Waals surface area contributed by atoms with Gasteiger partial charge in [-0.15, -0.1) is 0 Å². The van der Waals surface area contributed by atoms with Crippen LogP contribution in [-0.4, -0.2) is 30.9 Å². The molecule has 0 heterocycles. The van der Waals surface area contributed by atoms with E-state index in [2.05, 4.69) is 18.6 Å². The Kier molecular flexibility index (Phi) is 5.27. The van der Waals surface area contributed by atoms with Gasteiger partial charge >= 0.3 is 12.1 Å². The fourth-order valence-corrected chi connectivity index (χ4v) is 4.43. The fourth-order valence-electron chi connectivity index (χ4n) is 4.43. The van der Waals surface area contributed by atoms with Crippen molar-refractivity contribution < 1.29 is 23.8 Å². The van der Waals surface area contributed by atoms with Crippen LogP contribution in [0.2, 0.25) is 0 Å². The van der Waals surface area contributed by atoms with Crippen molar-refractivity contribution in [1.29, 1.82) is 0 Å². The van der Waals surface area contributed by atoms with Gasteiger partial charge in [0, 0.05) is 5.92 Å². The second-order valence-electron chi connectivity index (χ2n) is 8.18. The number of ether oxygens (including phenoxy) is 3. The van der Waals surface area contributed by atoms with Crippen molar-refractivity contribution in [3.05, 3.63) is 0 Å². The molecule has 2 bridgehead atoms. The Morgan fingerprint density at radius 1 is 1.13 bits per heavy atom. The maximum atomic E-state index is 12.2. The average molecular weight is 326 g/mol. The highest BCUT2D eigenvalue weighted by atomic mass is 16.7. The zero-order valence-electron chi connectivity index (χ0n) is 15.1. The molecule has 6 atom stereocenters. The van der Waals surface area contributed by atoms with E-state index in [1.807, 2.05) is 20.8 Å². The van der Waals surface area contributed by atoms with Crippen LogP contribution in [0.1, 0.15) is 53.9 Å². The summed E-state index contributed by atoms with van der Waals surface area (Å²) in [4.78, 5) is 23.8. The van der Waals surface area contributed by atoms with E-state index >= 15 is 0 Å². The number of carbonyl (C=O) groups excluding carboxylic acids is 2. The molecule has 0 aromatic carbocycles. The first-order valence-electron chi connectivity index (χ1n) is 8.58. The molecule has 23 heavy (non-hydrogen) atoms. The quantitative estimate of drug-likeness (QED) is 0.735. The van der Waals surface area contributed by atoms with Gasteiger partial charge in [0.2, 0.25) is 0 Å². The summed E-state index contributed by atoms with van der Waals surface area (Å²) in [7, 11) is 1.29. The normalized spacial score (nSPS) is 34.1. The highest BCUT2D eigenvalue weighted by Gasteiger charge is 2.52. The molecule has 6 unspecified atom stereocenters. The summed E-state index contributed by atoms with van der Waals surface area (Å²) in [6, 6.07) is 0. The summed E-state index contributed by atoms with van der Waals surface area (Å²) in [6.45, 7) is 10.1. The number of rotatable bonds is 4. The van der Waals surface area contributed by atoms with Crippen LogP contribution >= 0.6 is 0 Å². The first kappa shape index (κ1) is 18.1. The first-order chi connectivity index (χ1) is 10.6. The lowest BCUT2D eigenvalue weighted by Crippen LogP contribution is -2.38. The summed E-state index contributed by atoms with van der Waals surface area (Å²) in [5.41, 5.74) is -0.538. The van der Waals surface area contributed by atoms with Gasteiger partial charge in [-0.05, 0) is 57.3 Å². The Labute approximate surface area is 139 Å². The van der Waals surface area contributed by atoms with Gasteiger partial charge in [-0.1, -0.05) is 13.8 Å². The van der Waals surface area contributed by atoms with Crippen molar-refractivity contribution in [3.8, 4) is 0 Å². The molecular formula is C18H30O5. The van der Waals surface area contributed by atoms with Gasteiger partial charge in [-0.3, -0.25) is 4.79 Å². The number of esters is 1. The molecule has 0 radical (unpaired) electrons. The zero-order valence-corrected chi connectivity index (χ0v) is 15.1. The molecule has 132 valence electrons. The molecule has 0 amide bonds. The maximum absolute atomic E-state index is 12.2. The van der Waals surface area contributed by atoms with E-state index in [-0.39, 0.29) is 18.3 Å². The molecule has 5 nitrogen and oxygen atoms in total. The molecule has 2 aliphatic carbocycles. The van der Waals surface area contributed by atoms with E-state index in [4.69, 9.17) is 9.47 Å². The molecular weight excluding hydrogens is 296 g/mol. The van der Waals surface area contributed by atoms with Crippen molar-refractivity contribution in [2.24, 2.45) is 29.6 Å². The number of hydrogen-bond donors (Lipinski definition) is 0. The van der Waals surface area contributed by atoms with Crippen LogP contribution in [0.5, 0.6) is 0 Å². The lowest BCUT2D eigenvalue weighted by molar-refractivity contribution is -0.158. The van der Waals surface area contributed by atoms with E-state index < -0.39 is 17.9 Å². The Bertz CT molecular complexity index is 451. The number of carbonyl (C=O) groups is 2. The summed E-state index contributed by atoms with van der Waals surface area (Å²) in [5.74, 6) is 2.37. The van der Waals surface area contributed by atoms with Crippen LogP contribution in [-0.2, 0) is 19.0 Å². The third kappa shape index (κ3) is 4.18. The van der Waals surface area contributed by atoms with Crippen molar-refractivity contribution in [1.82, 2.24) is 0 Å². The maximum Gasteiger partial charge on any atom is 0.508 e. The van der Waals surface area contributed by atoms with E-state index in [9.17, 15) is 9.59 Å². The van der Waals surface area contributed by atoms with Gasteiger partial charge in [-0.25, -0.2) is 4.79 Å². The predicted molar refractivity (Wildman–Crippen MR) is 85.8 cm³/mol. The molecule has 0 aromatic heterocycles. The second kappa shape index (κ2) is 6.70. The number of hydrogen-bond acceptors (Lipinski definition) is 5. The molecule has 0 N–H and O–H groups in total. The van der Waals surface area contributed by atoms with Crippen LogP contribution in [0.25, 0.3) is 0 Å². The highest BCUT2D eigenvalue weighted by Crippen LogP contribution is 2.56. The van der Waals surface area contributed by atoms with E-state index in [0.717, 1.165) is 6.42 Å². The number of fused-ring (bicyclic) bond motifs is 2. The fraction of sp³-hybridized carbons (Fsp3) is 0.889. The predicted octanol–water partition coefficient (Wildman–Crippen LogP) is 3.80. The lowest BCUT2D eigenvalue weighted by Gasteiger charge is -2.35. The standard InChI is InChI=1S/C18H30O5/c1-10-11(2)13-7-12(10)8-14(13)15(22-17(20)21-6)9-16(19)23-18(3,4)5/h10-15H,7-9H2,1-6H3. The summed E-state index contributed by atoms with van der Waals surface area (Å²) in [5, 5.41) is 0. The Morgan fingerprint density at radius 3 is 2.26 bits per heavy atom. The second-order valence-corrected chi connectivity index (χ2v) is 8.18. The molecule has 2 fully saturated rings. The van der Waals surface area contributed by atoms with Gasteiger partial charge in [0.15, 0.2) is 0 Å². The van der Waals surface area contributed by atoms with E-state index in [1.54, 1.807) is 0 Å². The van der Waals surface area contributed by atoms with Gasteiger partial charge in [0.1, 0.15) is 11.7 Å². The lowest BCUT2D eigenvalue weighted by atomic mass is 9.73. The zero-order chi connectivity index (χ0) is 17.4. The highest BCUT2D eigenvalue weighted by molar-refractivity contribution is 5.71. The van der Waals surface area contributed by atoms with Gasteiger partial charge in [-0.2, -0.15) is 0 Å². The largest absolute Gasteiger partial charge is 0.508 e. The summed E-state index contributed by atoms with van der Waals surface area (Å²) < 4.78 is 15.5. The van der Waals surface area contributed by atoms with Crippen LogP contribution < -0.4 is 0 Å². The van der Waals surface area contributed by atoms with Gasteiger partial charge in [0.25, 0.3) is 0 Å². The summed E-state index contributed by atoms with van der Waals surface area (Å²) in [6.07, 6.45) is 1.11. The minimum absolute atomic E-state index is 0.0986. The molecule has 2 rings (SSSR count). The van der Waals surface area contributed by atoms with Crippen molar-refractivity contribution >= 4 is 12.1 Å². The minimum Gasteiger partial charge on any atom is -0.460 e. The van der Waals surface area contributed by atoms with E-state index in [1.165, 1.54) is 13.5 Å². The van der Waals surface area contributed by atoms with Crippen molar-refractivity contribution in [2.75, 3.05) is 7.11 Å². The van der Waals surface area contributed by atoms with Crippen LogP contribution in [0.15, 0.2) is 0 Å². The molecule has 0 spiro atoms. The Hall–Kier alpha value is -1.26. The van der Waals surface area contributed by atoms with Crippen molar-refractivity contribution in [3.63, 3.8) is 0 Å². The van der Waals surface area contributed by atoms with Gasteiger partial charge in [0.05, 0.1) is 13.5 Å². The van der Waals surface area contributed by atoms with Crippen LogP contribution in [0, 0.1) is 29.6 Å². The first-order valence-corrected chi connectivity index (χ1v) is 8.58. The Balaban J connectivity index is 2.06. The topological polar surface area (TPSA) is 61.8 Å². The van der Waals surface area contributed by atoms with Crippen molar-refractivity contribution in [2.45, 2.75) is 65.6 Å². The number of methoxy groups -OCH3 is 1. The molecule has 0 aliphatic heterocycles. The monoisotopic (exact) mass is 326 g/mol. The van der Waals surface area contributed by atoms with Gasteiger partial charge < -0.3 is 14.2 Å². The SMILES string of the molecule is COC(=O)OC(CC(=O)OC(C)(C)C)C1CC2CC1C(C)C2C. The van der Waals surface area contributed by atoms with E-state index in [0.29, 0.717) is 23.7 Å². The molecule has 0 saturated heterocycles. The molecule has 0 aromatic rings. The third-order valence-corrected chi connectivity index (χ3v) is 5.63. The third-order valence-electron chi connectivity index (χ3n) is 5.63. The molecule has 2 saturated carbocycles. The molecule has 5 heteroatoms. The van der Waals surface area contributed by atoms with Crippen LogP contribution in [0.4, 0.5) is 4.79 Å². The molecule has 2 aliphatic rings. The summed E-state index contributed by atoms with van der Waals surface area (Å²) >= 11 is 0. The van der Waals surface area contributed by atoms with Crippen LogP contribution in [0.3, 0.4) is 0 Å².